The number of benzene rings is 3. The van der Waals surface area contributed by atoms with Crippen molar-refractivity contribution in [1.29, 1.82) is 0 Å². The highest BCUT2D eigenvalue weighted by molar-refractivity contribution is 6.00. The van der Waals surface area contributed by atoms with Gasteiger partial charge in [0.2, 0.25) is 0 Å². The van der Waals surface area contributed by atoms with E-state index >= 15 is 0 Å². The summed E-state index contributed by atoms with van der Waals surface area (Å²) in [5.74, 6) is 1.01. The molecule has 0 aliphatic carbocycles. The zero-order valence-corrected chi connectivity index (χ0v) is 18.8. The molecule has 0 aliphatic heterocycles. The summed E-state index contributed by atoms with van der Waals surface area (Å²) in [6.07, 6.45) is 1.69. The van der Waals surface area contributed by atoms with Crippen molar-refractivity contribution in [3.63, 3.8) is 0 Å². The van der Waals surface area contributed by atoms with E-state index in [0.717, 1.165) is 5.69 Å². The van der Waals surface area contributed by atoms with E-state index in [-0.39, 0.29) is 24.9 Å². The molecule has 0 spiro atoms. The maximum Gasteiger partial charge on any atom is 0.255 e. The molecule has 0 fully saturated rings. The maximum atomic E-state index is 13.1. The molecule has 4 rings (SSSR count). The molecule has 0 aliphatic rings. The molecule has 174 valence electrons. The summed E-state index contributed by atoms with van der Waals surface area (Å²) >= 11 is 0. The summed E-state index contributed by atoms with van der Waals surface area (Å²) in [7, 11) is 3.12. The number of amides is 1. The number of nitrogens with one attached hydrogen (secondary N) is 1. The Morgan fingerprint density at radius 1 is 0.971 bits per heavy atom. The van der Waals surface area contributed by atoms with Crippen LogP contribution in [0.3, 0.4) is 0 Å². The molecule has 7 nitrogen and oxygen atoms in total. The van der Waals surface area contributed by atoms with Gasteiger partial charge in [-0.05, 0) is 54.6 Å². The standard InChI is InChI=1S/C26H24FN3O4/c1-32-23-13-8-18(16-24(23)33-2)25-22(17-30(29-25)20-6-4-3-5-7-20)26(31)28-14-15-34-21-11-9-19(27)10-12-21/h3-13,16-17H,14-15H2,1-2H3,(H,28,31). The van der Waals surface area contributed by atoms with E-state index in [1.54, 1.807) is 37.2 Å². The lowest BCUT2D eigenvalue weighted by Crippen LogP contribution is -2.28. The molecule has 1 amide bonds. The van der Waals surface area contributed by atoms with Crippen molar-refractivity contribution in [1.82, 2.24) is 15.1 Å². The van der Waals surface area contributed by atoms with Gasteiger partial charge in [-0.3, -0.25) is 4.79 Å². The second-order valence-electron chi connectivity index (χ2n) is 7.30. The van der Waals surface area contributed by atoms with E-state index in [9.17, 15) is 9.18 Å². The molecule has 4 aromatic rings. The van der Waals surface area contributed by atoms with Gasteiger partial charge in [0.25, 0.3) is 5.91 Å². The highest BCUT2D eigenvalue weighted by Crippen LogP contribution is 2.33. The quantitative estimate of drug-likeness (QED) is 0.372. The van der Waals surface area contributed by atoms with Crippen LogP contribution >= 0.6 is 0 Å². The molecular formula is C26H24FN3O4. The third kappa shape index (κ3) is 5.17. The number of nitrogens with zero attached hydrogens (tertiary/aromatic N) is 2. The Labute approximate surface area is 196 Å². The maximum absolute atomic E-state index is 13.1. The van der Waals surface area contributed by atoms with Crippen LogP contribution in [-0.2, 0) is 0 Å². The minimum absolute atomic E-state index is 0.232. The second-order valence-corrected chi connectivity index (χ2v) is 7.30. The van der Waals surface area contributed by atoms with Gasteiger partial charge < -0.3 is 19.5 Å². The number of carbonyl (C=O) groups excluding carboxylic acids is 1. The lowest BCUT2D eigenvalue weighted by Gasteiger charge is -2.10. The molecule has 0 unspecified atom stereocenters. The number of methoxy groups -OCH3 is 2. The molecule has 34 heavy (non-hydrogen) atoms. The predicted octanol–water partition coefficient (Wildman–Crippen LogP) is 4.50. The normalized spacial score (nSPS) is 10.6. The fourth-order valence-corrected chi connectivity index (χ4v) is 3.41. The van der Waals surface area contributed by atoms with Crippen LogP contribution in [0.15, 0.2) is 79.0 Å². The first-order chi connectivity index (χ1) is 16.6. The number of rotatable bonds is 9. The molecule has 1 N–H and O–H groups in total. The van der Waals surface area contributed by atoms with Crippen molar-refractivity contribution in [2.24, 2.45) is 0 Å². The van der Waals surface area contributed by atoms with Crippen molar-refractivity contribution in [3.8, 4) is 34.2 Å². The largest absolute Gasteiger partial charge is 0.493 e. The van der Waals surface area contributed by atoms with Crippen molar-refractivity contribution < 1.29 is 23.4 Å². The number of para-hydroxylation sites is 1. The van der Waals surface area contributed by atoms with Crippen molar-refractivity contribution in [2.45, 2.75) is 0 Å². The highest BCUT2D eigenvalue weighted by Gasteiger charge is 2.20. The van der Waals surface area contributed by atoms with E-state index < -0.39 is 0 Å². The lowest BCUT2D eigenvalue weighted by atomic mass is 10.1. The fraction of sp³-hybridized carbons (Fsp3) is 0.154. The van der Waals surface area contributed by atoms with Crippen LogP contribution < -0.4 is 19.5 Å². The number of carbonyl (C=O) groups is 1. The zero-order chi connectivity index (χ0) is 23.9. The summed E-state index contributed by atoms with van der Waals surface area (Å²) < 4.78 is 31.0. The smallest absolute Gasteiger partial charge is 0.255 e. The molecule has 1 heterocycles. The molecule has 0 atom stereocenters. The first-order valence-electron chi connectivity index (χ1n) is 10.6. The first-order valence-corrected chi connectivity index (χ1v) is 10.6. The van der Waals surface area contributed by atoms with Crippen LogP contribution in [-0.4, -0.2) is 43.1 Å². The number of hydrogen-bond donors (Lipinski definition) is 1. The third-order valence-electron chi connectivity index (χ3n) is 5.11. The topological polar surface area (TPSA) is 74.6 Å². The minimum Gasteiger partial charge on any atom is -0.493 e. The molecule has 0 saturated carbocycles. The van der Waals surface area contributed by atoms with Gasteiger partial charge in [-0.15, -0.1) is 0 Å². The van der Waals surface area contributed by atoms with Crippen LogP contribution in [0.1, 0.15) is 10.4 Å². The molecule has 8 heteroatoms. The Balaban J connectivity index is 1.56. The lowest BCUT2D eigenvalue weighted by molar-refractivity contribution is 0.0947. The summed E-state index contributed by atoms with van der Waals surface area (Å²) in [5.41, 5.74) is 2.43. The first kappa shape index (κ1) is 22.8. The minimum atomic E-state index is -0.334. The molecule has 0 radical (unpaired) electrons. The molecule has 3 aromatic carbocycles. The average Bonchev–Trinajstić information content (AvgIpc) is 3.33. The summed E-state index contributed by atoms with van der Waals surface area (Å²) in [6, 6.07) is 20.6. The van der Waals surface area contributed by atoms with E-state index in [4.69, 9.17) is 14.2 Å². The van der Waals surface area contributed by atoms with E-state index in [1.165, 1.54) is 24.3 Å². The average molecular weight is 461 g/mol. The van der Waals surface area contributed by atoms with Crippen molar-refractivity contribution >= 4 is 5.91 Å². The Morgan fingerprint density at radius 2 is 1.71 bits per heavy atom. The van der Waals surface area contributed by atoms with Crippen LogP contribution in [0.2, 0.25) is 0 Å². The molecule has 1 aromatic heterocycles. The second kappa shape index (κ2) is 10.5. The summed E-state index contributed by atoms with van der Waals surface area (Å²) in [6.45, 7) is 0.494. The van der Waals surface area contributed by atoms with Crippen molar-refractivity contribution in [2.75, 3.05) is 27.4 Å². The van der Waals surface area contributed by atoms with Crippen LogP contribution in [0, 0.1) is 5.82 Å². The Morgan fingerprint density at radius 3 is 2.41 bits per heavy atom. The van der Waals surface area contributed by atoms with Crippen LogP contribution in [0.25, 0.3) is 16.9 Å². The van der Waals surface area contributed by atoms with Gasteiger partial charge in [0.1, 0.15) is 23.9 Å². The van der Waals surface area contributed by atoms with Gasteiger partial charge in [0.05, 0.1) is 32.0 Å². The summed E-state index contributed by atoms with van der Waals surface area (Å²) in [4.78, 5) is 13.1. The van der Waals surface area contributed by atoms with Crippen LogP contribution in [0.4, 0.5) is 4.39 Å². The van der Waals surface area contributed by atoms with E-state index in [2.05, 4.69) is 10.4 Å². The number of halogens is 1. The van der Waals surface area contributed by atoms with Gasteiger partial charge in [-0.1, -0.05) is 18.2 Å². The van der Waals surface area contributed by atoms with E-state index in [0.29, 0.717) is 34.1 Å². The molecular weight excluding hydrogens is 437 g/mol. The summed E-state index contributed by atoms with van der Waals surface area (Å²) in [5, 5.41) is 7.54. The Kier molecular flexibility index (Phi) is 7.07. The monoisotopic (exact) mass is 461 g/mol. The number of hydrogen-bond acceptors (Lipinski definition) is 5. The van der Waals surface area contributed by atoms with E-state index in [1.807, 2.05) is 36.4 Å². The third-order valence-corrected chi connectivity index (χ3v) is 5.11. The van der Waals surface area contributed by atoms with Gasteiger partial charge >= 0.3 is 0 Å². The van der Waals surface area contributed by atoms with Gasteiger partial charge in [0.15, 0.2) is 11.5 Å². The fourth-order valence-electron chi connectivity index (χ4n) is 3.41. The Bertz CT molecular complexity index is 1260. The van der Waals surface area contributed by atoms with Gasteiger partial charge in [-0.2, -0.15) is 5.10 Å². The van der Waals surface area contributed by atoms with Gasteiger partial charge in [0, 0.05) is 11.8 Å². The zero-order valence-electron chi connectivity index (χ0n) is 18.8. The highest BCUT2D eigenvalue weighted by atomic mass is 19.1. The number of aromatic nitrogens is 2. The molecule has 0 bridgehead atoms. The van der Waals surface area contributed by atoms with Crippen LogP contribution in [0.5, 0.6) is 17.2 Å². The number of ether oxygens (including phenoxy) is 3. The Hall–Kier alpha value is -4.33. The van der Waals surface area contributed by atoms with Gasteiger partial charge in [-0.25, -0.2) is 9.07 Å². The SMILES string of the molecule is COc1ccc(-c2nn(-c3ccccc3)cc2C(=O)NCCOc2ccc(F)cc2)cc1OC. The van der Waals surface area contributed by atoms with Crippen molar-refractivity contribution in [3.05, 3.63) is 90.4 Å². The predicted molar refractivity (Wildman–Crippen MR) is 126 cm³/mol. The molecule has 0 saturated heterocycles.